The lowest BCUT2D eigenvalue weighted by Crippen LogP contribution is -2.38. The summed E-state index contributed by atoms with van der Waals surface area (Å²) in [7, 11) is -2.43. The molecule has 11 nitrogen and oxygen atoms in total. The first kappa shape index (κ1) is 30.7. The molecule has 2 atom stereocenters. The Morgan fingerprint density at radius 2 is 1.86 bits per heavy atom. The van der Waals surface area contributed by atoms with Crippen molar-refractivity contribution in [2.45, 2.75) is 43.3 Å². The van der Waals surface area contributed by atoms with Crippen LogP contribution in [0.5, 0.6) is 5.75 Å². The Bertz CT molecular complexity index is 1590. The summed E-state index contributed by atoms with van der Waals surface area (Å²) < 4.78 is 46.5. The Balaban J connectivity index is 1.34. The quantitative estimate of drug-likeness (QED) is 0.301. The molecule has 0 bridgehead atoms. The van der Waals surface area contributed by atoms with E-state index in [1.165, 1.54) is 26.2 Å². The molecule has 2 N–H and O–H groups in total. The van der Waals surface area contributed by atoms with Gasteiger partial charge in [0.05, 0.1) is 30.7 Å². The fourth-order valence-electron chi connectivity index (χ4n) is 5.19. The molecule has 5 rings (SSSR count). The number of hydrogen-bond donors (Lipinski definition) is 2. The third-order valence-corrected chi connectivity index (χ3v) is 9.61. The summed E-state index contributed by atoms with van der Waals surface area (Å²) in [5.41, 5.74) is 1.63. The maximum absolute atomic E-state index is 13.3. The normalized spacial score (nSPS) is 18.7. The number of nitrogens with one attached hydrogen (secondary N) is 1. The van der Waals surface area contributed by atoms with Crippen LogP contribution in [0.25, 0.3) is 10.9 Å². The summed E-state index contributed by atoms with van der Waals surface area (Å²) in [4.78, 5) is 25.5. The number of sulfonamides is 1. The SMILES string of the molecule is COc1ccc(S(=O)(=O)N(CCO)CCO[C@H]2C[C@@H](c3cn(C(C)=O)c4ccccc34)C=C(C(=O)NCC3CC3)O2)cc1. The van der Waals surface area contributed by atoms with Crippen LogP contribution < -0.4 is 10.1 Å². The van der Waals surface area contributed by atoms with Crippen LogP contribution in [0.4, 0.5) is 0 Å². The van der Waals surface area contributed by atoms with Gasteiger partial charge in [0, 0.05) is 50.5 Å². The van der Waals surface area contributed by atoms with Crippen molar-refractivity contribution in [2.75, 3.05) is 40.0 Å². The molecule has 0 unspecified atom stereocenters. The molecule has 0 saturated heterocycles. The van der Waals surface area contributed by atoms with Crippen LogP contribution in [0, 0.1) is 5.92 Å². The number of para-hydroxylation sites is 1. The topological polar surface area (TPSA) is 136 Å². The minimum atomic E-state index is -3.92. The van der Waals surface area contributed by atoms with Gasteiger partial charge in [0.1, 0.15) is 5.75 Å². The van der Waals surface area contributed by atoms with Crippen LogP contribution in [0.1, 0.15) is 42.5 Å². The lowest BCUT2D eigenvalue weighted by atomic mass is 9.92. The summed E-state index contributed by atoms with van der Waals surface area (Å²) in [5.74, 6) is 0.355. The number of carbonyl (C=O) groups excluding carboxylic acids is 2. The molecule has 3 aromatic rings. The van der Waals surface area contributed by atoms with Gasteiger partial charge in [-0.3, -0.25) is 14.2 Å². The number of allylic oxidation sites excluding steroid dienone is 1. The second-order valence-electron chi connectivity index (χ2n) is 10.7. The molecular weight excluding hydrogens is 574 g/mol. The molecule has 230 valence electrons. The Labute approximate surface area is 251 Å². The van der Waals surface area contributed by atoms with E-state index >= 15 is 0 Å². The van der Waals surface area contributed by atoms with Crippen molar-refractivity contribution < 1.29 is 37.3 Å². The number of rotatable bonds is 13. The van der Waals surface area contributed by atoms with E-state index in [9.17, 15) is 23.1 Å². The number of hydrogen-bond acceptors (Lipinski definition) is 8. The van der Waals surface area contributed by atoms with E-state index in [-0.39, 0.29) is 54.7 Å². The van der Waals surface area contributed by atoms with Crippen molar-refractivity contribution in [3.63, 3.8) is 0 Å². The molecule has 2 heterocycles. The highest BCUT2D eigenvalue weighted by molar-refractivity contribution is 7.89. The highest BCUT2D eigenvalue weighted by Crippen LogP contribution is 2.37. The van der Waals surface area contributed by atoms with Crippen LogP contribution in [0.3, 0.4) is 0 Å². The van der Waals surface area contributed by atoms with Gasteiger partial charge < -0.3 is 24.6 Å². The maximum atomic E-state index is 13.3. The van der Waals surface area contributed by atoms with E-state index in [0.717, 1.165) is 33.6 Å². The van der Waals surface area contributed by atoms with Crippen molar-refractivity contribution in [3.8, 4) is 5.75 Å². The summed E-state index contributed by atoms with van der Waals surface area (Å²) in [6.07, 6.45) is 5.22. The number of nitrogens with zero attached hydrogens (tertiary/aromatic N) is 2. The summed E-state index contributed by atoms with van der Waals surface area (Å²) >= 11 is 0. The zero-order valence-electron chi connectivity index (χ0n) is 24.3. The van der Waals surface area contributed by atoms with Crippen molar-refractivity contribution in [1.82, 2.24) is 14.2 Å². The molecular formula is C31H37N3O8S. The highest BCUT2D eigenvalue weighted by Gasteiger charge is 2.32. The monoisotopic (exact) mass is 611 g/mol. The number of ether oxygens (including phenoxy) is 3. The minimum absolute atomic E-state index is 0.0427. The number of benzene rings is 2. The molecule has 12 heteroatoms. The number of aliphatic hydroxyl groups excluding tert-OH is 1. The second-order valence-corrected chi connectivity index (χ2v) is 12.7. The fraction of sp³-hybridized carbons (Fsp3) is 0.419. The van der Waals surface area contributed by atoms with Crippen LogP contribution in [0.15, 0.2) is 71.5 Å². The van der Waals surface area contributed by atoms with E-state index in [4.69, 9.17) is 14.2 Å². The standard InChI is InChI=1S/C31H37N3O8S/c1-21(36)34-20-27(26-5-3-4-6-28(26)34)23-17-29(31(37)32-19-22-7-8-22)42-30(18-23)41-16-14-33(13-15-35)43(38,39)25-11-9-24(40-2)10-12-25/h3-6,9-12,17,20,22-23,30,35H,7-8,13-16,18-19H2,1-2H3,(H,32,37)/t23-,30+/m0/s1. The average Bonchev–Trinajstić information content (AvgIpc) is 3.76. The van der Waals surface area contributed by atoms with Crippen molar-refractivity contribution >= 4 is 32.7 Å². The smallest absolute Gasteiger partial charge is 0.286 e. The van der Waals surface area contributed by atoms with Gasteiger partial charge >= 0.3 is 0 Å². The molecule has 1 aliphatic heterocycles. The van der Waals surface area contributed by atoms with E-state index in [1.54, 1.807) is 29.0 Å². The number of amides is 1. The summed E-state index contributed by atoms with van der Waals surface area (Å²) in [6.45, 7) is 1.49. The number of aliphatic hydroxyl groups is 1. The Morgan fingerprint density at radius 3 is 2.53 bits per heavy atom. The first-order valence-electron chi connectivity index (χ1n) is 14.4. The summed E-state index contributed by atoms with van der Waals surface area (Å²) in [6, 6.07) is 13.6. The molecule has 1 aromatic heterocycles. The zero-order chi connectivity index (χ0) is 30.6. The predicted octanol–water partition coefficient (Wildman–Crippen LogP) is 3.25. The third-order valence-electron chi connectivity index (χ3n) is 7.70. The molecule has 0 radical (unpaired) electrons. The van der Waals surface area contributed by atoms with Gasteiger partial charge in [-0.2, -0.15) is 4.31 Å². The van der Waals surface area contributed by atoms with Crippen LogP contribution >= 0.6 is 0 Å². The van der Waals surface area contributed by atoms with Crippen molar-refractivity contribution in [3.05, 3.63) is 72.1 Å². The molecule has 43 heavy (non-hydrogen) atoms. The second kappa shape index (κ2) is 13.3. The Hall–Kier alpha value is -3.71. The summed E-state index contributed by atoms with van der Waals surface area (Å²) in [5, 5.41) is 13.4. The zero-order valence-corrected chi connectivity index (χ0v) is 25.1. The van der Waals surface area contributed by atoms with Gasteiger partial charge in [-0.15, -0.1) is 0 Å². The van der Waals surface area contributed by atoms with Crippen LogP contribution in [0.2, 0.25) is 0 Å². The molecule has 1 saturated carbocycles. The number of methoxy groups -OCH3 is 1. The van der Waals surface area contributed by atoms with Crippen molar-refractivity contribution in [2.24, 2.45) is 5.92 Å². The average molecular weight is 612 g/mol. The van der Waals surface area contributed by atoms with Gasteiger partial charge in [-0.25, -0.2) is 8.42 Å². The molecule has 1 aliphatic carbocycles. The van der Waals surface area contributed by atoms with Gasteiger partial charge in [-0.05, 0) is 60.7 Å². The Morgan fingerprint density at radius 1 is 1.12 bits per heavy atom. The Kier molecular flexibility index (Phi) is 9.50. The molecule has 0 spiro atoms. The van der Waals surface area contributed by atoms with E-state index in [1.807, 2.05) is 24.3 Å². The molecule has 1 fully saturated rings. The predicted molar refractivity (Wildman–Crippen MR) is 159 cm³/mol. The lowest BCUT2D eigenvalue weighted by molar-refractivity contribution is -0.146. The van der Waals surface area contributed by atoms with Crippen molar-refractivity contribution in [1.29, 1.82) is 0 Å². The number of aromatic nitrogens is 1. The number of fused-ring (bicyclic) bond motifs is 1. The fourth-order valence-corrected chi connectivity index (χ4v) is 6.60. The van der Waals surface area contributed by atoms with E-state index in [2.05, 4.69) is 5.32 Å². The molecule has 2 aromatic carbocycles. The van der Waals surface area contributed by atoms with Gasteiger partial charge in [0.2, 0.25) is 22.2 Å². The van der Waals surface area contributed by atoms with Gasteiger partial charge in [0.25, 0.3) is 5.91 Å². The van der Waals surface area contributed by atoms with E-state index < -0.39 is 16.3 Å². The lowest BCUT2D eigenvalue weighted by Gasteiger charge is -2.30. The van der Waals surface area contributed by atoms with E-state index in [0.29, 0.717) is 24.6 Å². The largest absolute Gasteiger partial charge is 0.497 e. The first-order valence-corrected chi connectivity index (χ1v) is 15.8. The van der Waals surface area contributed by atoms with Gasteiger partial charge in [-0.1, -0.05) is 18.2 Å². The minimum Gasteiger partial charge on any atom is -0.497 e. The number of carbonyl (C=O) groups is 2. The first-order chi connectivity index (χ1) is 20.7. The third kappa shape index (κ3) is 7.10. The van der Waals surface area contributed by atoms with Crippen LogP contribution in [-0.2, 0) is 24.3 Å². The van der Waals surface area contributed by atoms with Crippen LogP contribution in [-0.4, -0.2) is 80.5 Å². The van der Waals surface area contributed by atoms with Gasteiger partial charge in [0.15, 0.2) is 5.76 Å². The maximum Gasteiger partial charge on any atom is 0.286 e. The molecule has 2 aliphatic rings. The highest BCUT2D eigenvalue weighted by atomic mass is 32.2. The molecule has 1 amide bonds.